The van der Waals surface area contributed by atoms with Crippen LogP contribution in [0.2, 0.25) is 0 Å². The molecule has 5 heteroatoms. The molecule has 1 aliphatic carbocycles. The van der Waals surface area contributed by atoms with E-state index >= 15 is 0 Å². The lowest BCUT2D eigenvalue weighted by Gasteiger charge is -2.33. The smallest absolute Gasteiger partial charge is 0.331 e. The first-order valence-electron chi connectivity index (χ1n) is 15.1. The molecular formula is C34H53F3N2+2. The van der Waals surface area contributed by atoms with Gasteiger partial charge in [0.25, 0.3) is 0 Å². The third-order valence-electron chi connectivity index (χ3n) is 8.65. The minimum absolute atomic E-state index is 0.201. The van der Waals surface area contributed by atoms with Crippen LogP contribution in [-0.2, 0) is 5.41 Å². The van der Waals surface area contributed by atoms with Gasteiger partial charge in [0, 0.05) is 5.41 Å². The van der Waals surface area contributed by atoms with Gasteiger partial charge in [-0.2, -0.15) is 13.2 Å². The van der Waals surface area contributed by atoms with Crippen LogP contribution >= 0.6 is 0 Å². The van der Waals surface area contributed by atoms with Gasteiger partial charge in [-0.3, -0.25) is 0 Å². The summed E-state index contributed by atoms with van der Waals surface area (Å²) in [6.45, 7) is 3.64. The van der Waals surface area contributed by atoms with Gasteiger partial charge in [0.2, 0.25) is 0 Å². The first-order chi connectivity index (χ1) is 18.1. The molecule has 0 spiro atoms. The summed E-state index contributed by atoms with van der Waals surface area (Å²) in [6.07, 6.45) is 7.15. The third-order valence-corrected chi connectivity index (χ3v) is 8.65. The topological polar surface area (TPSA) is 0 Å². The number of benzene rings is 2. The Balaban J connectivity index is 1.87. The summed E-state index contributed by atoms with van der Waals surface area (Å²) in [6, 6.07) is 14.2. The molecule has 1 unspecified atom stereocenters. The summed E-state index contributed by atoms with van der Waals surface area (Å²) in [5.74, 6) is -1.46. The van der Waals surface area contributed by atoms with Crippen molar-refractivity contribution in [2.45, 2.75) is 88.6 Å². The number of alkyl halides is 3. The average Bonchev–Trinajstić information content (AvgIpc) is 3.10. The van der Waals surface area contributed by atoms with Crippen LogP contribution < -0.4 is 0 Å². The summed E-state index contributed by atoms with van der Waals surface area (Å²) in [4.78, 5) is 0. The molecule has 0 saturated carbocycles. The zero-order valence-electron chi connectivity index (χ0n) is 25.6. The van der Waals surface area contributed by atoms with E-state index in [4.69, 9.17) is 0 Å². The minimum atomic E-state index is -4.24. The second-order valence-corrected chi connectivity index (χ2v) is 14.1. The molecule has 0 fully saturated rings. The van der Waals surface area contributed by atoms with Gasteiger partial charge in [-0.25, -0.2) is 0 Å². The number of nitrogens with zero attached hydrogens (tertiary/aromatic N) is 2. The maximum atomic E-state index is 13.7. The number of hydrogen-bond acceptors (Lipinski definition) is 0. The Kier molecular flexibility index (Phi) is 10.4. The highest BCUT2D eigenvalue weighted by Gasteiger charge is 2.44. The second kappa shape index (κ2) is 12.8. The molecule has 218 valence electrons. The largest absolute Gasteiger partial charge is 0.395 e. The van der Waals surface area contributed by atoms with E-state index in [-0.39, 0.29) is 5.41 Å². The summed E-state index contributed by atoms with van der Waals surface area (Å²) < 4.78 is 43.2. The fourth-order valence-electron chi connectivity index (χ4n) is 6.33. The number of rotatable bonds is 15. The standard InChI is InChI=1S/C34H53F3N2/c1-27(34(35,36)37)28-20-21-30-29-18-12-13-19-31(29)33(32(30)26-28,22-14-8-10-16-24-38(2,3)4)23-15-9-11-17-25-39(5,6)7/h12-13,18-21,26-27H,8-11,14-17,22-25H2,1-7H3/q+2. The highest BCUT2D eigenvalue weighted by molar-refractivity contribution is 5.81. The molecule has 2 aromatic carbocycles. The Morgan fingerprint density at radius 1 is 0.641 bits per heavy atom. The lowest BCUT2D eigenvalue weighted by molar-refractivity contribution is -0.870. The Labute approximate surface area is 236 Å². The van der Waals surface area contributed by atoms with Gasteiger partial charge in [-0.1, -0.05) is 68.1 Å². The van der Waals surface area contributed by atoms with Crippen molar-refractivity contribution in [1.29, 1.82) is 0 Å². The number of unbranched alkanes of at least 4 members (excludes halogenated alkanes) is 6. The van der Waals surface area contributed by atoms with Crippen molar-refractivity contribution in [3.63, 3.8) is 0 Å². The van der Waals surface area contributed by atoms with Crippen LogP contribution in [0.15, 0.2) is 42.5 Å². The van der Waals surface area contributed by atoms with Crippen LogP contribution in [0.25, 0.3) is 11.1 Å². The molecule has 0 radical (unpaired) electrons. The molecule has 0 aliphatic heterocycles. The normalized spacial score (nSPS) is 15.7. The molecule has 39 heavy (non-hydrogen) atoms. The van der Waals surface area contributed by atoms with Gasteiger partial charge in [-0.15, -0.1) is 0 Å². The molecule has 3 rings (SSSR count). The summed E-state index contributed by atoms with van der Waals surface area (Å²) in [5.41, 5.74) is 5.01. The fraction of sp³-hybridized carbons (Fsp3) is 0.647. The van der Waals surface area contributed by atoms with E-state index in [1.807, 2.05) is 12.1 Å². The van der Waals surface area contributed by atoms with E-state index in [1.165, 1.54) is 69.7 Å². The van der Waals surface area contributed by atoms with Crippen LogP contribution in [0.1, 0.15) is 93.7 Å². The highest BCUT2D eigenvalue weighted by Crippen LogP contribution is 2.55. The Morgan fingerprint density at radius 3 is 1.64 bits per heavy atom. The SMILES string of the molecule is CC(c1ccc2c(c1)C(CCCCCC[N+](C)(C)C)(CCCCCC[N+](C)(C)C)c1ccccc1-2)C(F)(F)F. The van der Waals surface area contributed by atoms with Crippen molar-refractivity contribution >= 4 is 0 Å². The Bertz CT molecular complexity index is 1030. The van der Waals surface area contributed by atoms with Crippen LogP contribution in [0, 0.1) is 0 Å². The molecule has 0 aromatic heterocycles. The molecule has 1 aliphatic rings. The maximum absolute atomic E-state index is 13.7. The quantitative estimate of drug-likeness (QED) is 0.154. The van der Waals surface area contributed by atoms with Crippen LogP contribution in [0.5, 0.6) is 0 Å². The number of hydrogen-bond donors (Lipinski definition) is 0. The number of halogens is 3. The second-order valence-electron chi connectivity index (χ2n) is 14.1. The minimum Gasteiger partial charge on any atom is -0.331 e. The molecule has 0 amide bonds. The van der Waals surface area contributed by atoms with Gasteiger partial charge in [-0.05, 0) is 73.3 Å². The first-order valence-corrected chi connectivity index (χ1v) is 15.1. The summed E-state index contributed by atoms with van der Waals surface area (Å²) in [5, 5.41) is 0. The lowest BCUT2D eigenvalue weighted by atomic mass is 9.70. The molecule has 0 saturated heterocycles. The van der Waals surface area contributed by atoms with Crippen molar-refractivity contribution in [1.82, 2.24) is 0 Å². The molecule has 1 atom stereocenters. The van der Waals surface area contributed by atoms with Crippen LogP contribution in [-0.4, -0.2) is 70.5 Å². The van der Waals surface area contributed by atoms with Crippen molar-refractivity contribution < 1.29 is 22.1 Å². The van der Waals surface area contributed by atoms with E-state index in [2.05, 4.69) is 66.6 Å². The Morgan fingerprint density at radius 2 is 1.13 bits per heavy atom. The van der Waals surface area contributed by atoms with Gasteiger partial charge in [0.1, 0.15) is 0 Å². The van der Waals surface area contributed by atoms with E-state index in [9.17, 15) is 13.2 Å². The van der Waals surface area contributed by atoms with Gasteiger partial charge >= 0.3 is 6.18 Å². The highest BCUT2D eigenvalue weighted by atomic mass is 19.4. The first kappa shape index (κ1) is 31.7. The average molecular weight is 547 g/mol. The third kappa shape index (κ3) is 8.57. The van der Waals surface area contributed by atoms with E-state index in [0.717, 1.165) is 45.8 Å². The monoisotopic (exact) mass is 546 g/mol. The van der Waals surface area contributed by atoms with E-state index in [1.54, 1.807) is 6.07 Å². The van der Waals surface area contributed by atoms with Crippen molar-refractivity contribution in [3.8, 4) is 11.1 Å². The molecule has 0 N–H and O–H groups in total. The predicted molar refractivity (Wildman–Crippen MR) is 159 cm³/mol. The molecule has 0 heterocycles. The van der Waals surface area contributed by atoms with Crippen LogP contribution in [0.3, 0.4) is 0 Å². The lowest BCUT2D eigenvalue weighted by Crippen LogP contribution is -2.35. The van der Waals surface area contributed by atoms with Gasteiger partial charge in [0.05, 0.1) is 61.3 Å². The fourth-order valence-corrected chi connectivity index (χ4v) is 6.33. The zero-order valence-corrected chi connectivity index (χ0v) is 25.6. The molecular weight excluding hydrogens is 493 g/mol. The molecule has 2 nitrogen and oxygen atoms in total. The predicted octanol–water partition coefficient (Wildman–Crippen LogP) is 8.93. The summed E-state index contributed by atoms with van der Waals surface area (Å²) >= 11 is 0. The van der Waals surface area contributed by atoms with Crippen LogP contribution in [0.4, 0.5) is 13.2 Å². The molecule has 0 bridgehead atoms. The van der Waals surface area contributed by atoms with E-state index < -0.39 is 12.1 Å². The van der Waals surface area contributed by atoms with Crippen molar-refractivity contribution in [2.24, 2.45) is 0 Å². The number of fused-ring (bicyclic) bond motifs is 3. The van der Waals surface area contributed by atoms with Crippen molar-refractivity contribution in [2.75, 3.05) is 55.4 Å². The van der Waals surface area contributed by atoms with Gasteiger partial charge in [0.15, 0.2) is 0 Å². The Hall–Kier alpha value is -1.85. The number of quaternary nitrogens is 2. The zero-order chi connectivity index (χ0) is 28.9. The van der Waals surface area contributed by atoms with Crippen molar-refractivity contribution in [3.05, 3.63) is 59.2 Å². The van der Waals surface area contributed by atoms with E-state index in [0.29, 0.717) is 5.56 Å². The van der Waals surface area contributed by atoms with Gasteiger partial charge < -0.3 is 8.97 Å². The molecule has 2 aromatic rings. The summed E-state index contributed by atoms with van der Waals surface area (Å²) in [7, 11) is 13.4. The maximum Gasteiger partial charge on any atom is 0.395 e.